The first-order valence-electron chi connectivity index (χ1n) is 9.10. The molecule has 1 aromatic carbocycles. The van der Waals surface area contributed by atoms with Crippen molar-refractivity contribution in [2.75, 3.05) is 50.8 Å². The first-order chi connectivity index (χ1) is 12.0. The number of carbonyl (C=O) groups is 1. The summed E-state index contributed by atoms with van der Waals surface area (Å²) in [5.74, 6) is -0.547. The average Bonchev–Trinajstić information content (AvgIpc) is 3.04. The van der Waals surface area contributed by atoms with Crippen molar-refractivity contribution in [3.8, 4) is 0 Å². The summed E-state index contributed by atoms with van der Waals surface area (Å²) in [6, 6.07) is 6.41. The van der Waals surface area contributed by atoms with Crippen LogP contribution >= 0.6 is 0 Å². The van der Waals surface area contributed by atoms with Crippen LogP contribution in [-0.2, 0) is 9.47 Å². The molecule has 0 aromatic heterocycles. The molecule has 2 saturated heterocycles. The standard InChI is InChI=1S/C19H29N3O3/c1-15-5-4-6-17(16(15)2)21-9-11-22(12-10-21)18(23)20-8-7-19(3)24-13-14-25-19/h4-6H,7-14H2,1-3H3,(H,20,23). The highest BCUT2D eigenvalue weighted by Crippen LogP contribution is 2.24. The highest BCUT2D eigenvalue weighted by molar-refractivity contribution is 5.74. The molecule has 138 valence electrons. The lowest BCUT2D eigenvalue weighted by atomic mass is 10.1. The molecule has 0 atom stereocenters. The first-order valence-corrected chi connectivity index (χ1v) is 9.10. The van der Waals surface area contributed by atoms with Crippen LogP contribution in [0.5, 0.6) is 0 Å². The van der Waals surface area contributed by atoms with Crippen LogP contribution in [0.4, 0.5) is 10.5 Å². The Balaban J connectivity index is 1.45. The van der Waals surface area contributed by atoms with Crippen LogP contribution in [0.15, 0.2) is 18.2 Å². The summed E-state index contributed by atoms with van der Waals surface area (Å²) in [4.78, 5) is 16.6. The molecular formula is C19H29N3O3. The molecular weight excluding hydrogens is 318 g/mol. The maximum absolute atomic E-state index is 12.4. The van der Waals surface area contributed by atoms with Gasteiger partial charge in [-0.25, -0.2) is 4.79 Å². The molecule has 0 bridgehead atoms. The number of nitrogens with zero attached hydrogens (tertiary/aromatic N) is 2. The number of carbonyl (C=O) groups excluding carboxylic acids is 1. The Morgan fingerprint density at radius 2 is 1.84 bits per heavy atom. The molecule has 0 unspecified atom stereocenters. The van der Waals surface area contributed by atoms with E-state index in [0.29, 0.717) is 26.2 Å². The van der Waals surface area contributed by atoms with Gasteiger partial charge in [0.15, 0.2) is 5.79 Å². The third-order valence-corrected chi connectivity index (χ3v) is 5.24. The fourth-order valence-corrected chi connectivity index (χ4v) is 3.44. The van der Waals surface area contributed by atoms with Crippen molar-refractivity contribution in [1.82, 2.24) is 10.2 Å². The maximum atomic E-state index is 12.4. The van der Waals surface area contributed by atoms with Crippen LogP contribution < -0.4 is 10.2 Å². The van der Waals surface area contributed by atoms with Gasteiger partial charge in [-0.2, -0.15) is 0 Å². The molecule has 0 radical (unpaired) electrons. The maximum Gasteiger partial charge on any atom is 0.317 e. The quantitative estimate of drug-likeness (QED) is 0.908. The van der Waals surface area contributed by atoms with E-state index in [9.17, 15) is 4.79 Å². The minimum absolute atomic E-state index is 0.00205. The van der Waals surface area contributed by atoms with E-state index in [-0.39, 0.29) is 6.03 Å². The van der Waals surface area contributed by atoms with Crippen molar-refractivity contribution in [2.24, 2.45) is 0 Å². The van der Waals surface area contributed by atoms with E-state index in [2.05, 4.69) is 42.3 Å². The molecule has 2 aliphatic rings. The molecule has 0 saturated carbocycles. The van der Waals surface area contributed by atoms with Gasteiger partial charge >= 0.3 is 6.03 Å². The lowest BCUT2D eigenvalue weighted by Crippen LogP contribution is -2.52. The van der Waals surface area contributed by atoms with Crippen LogP contribution in [-0.4, -0.2) is 62.7 Å². The normalized spacial score (nSPS) is 20.0. The number of hydrogen-bond acceptors (Lipinski definition) is 4. The van der Waals surface area contributed by atoms with Crippen LogP contribution in [0, 0.1) is 13.8 Å². The molecule has 0 spiro atoms. The number of amides is 2. The molecule has 2 heterocycles. The number of urea groups is 1. The summed E-state index contributed by atoms with van der Waals surface area (Å²) in [5, 5.41) is 2.99. The first kappa shape index (κ1) is 18.0. The van der Waals surface area contributed by atoms with Gasteiger partial charge in [-0.05, 0) is 38.0 Å². The number of anilines is 1. The Labute approximate surface area is 150 Å². The summed E-state index contributed by atoms with van der Waals surface area (Å²) >= 11 is 0. The minimum Gasteiger partial charge on any atom is -0.368 e. The largest absolute Gasteiger partial charge is 0.368 e. The van der Waals surface area contributed by atoms with Gasteiger partial charge in [-0.15, -0.1) is 0 Å². The highest BCUT2D eigenvalue weighted by Gasteiger charge is 2.31. The Kier molecular flexibility index (Phi) is 5.49. The van der Waals surface area contributed by atoms with Crippen molar-refractivity contribution < 1.29 is 14.3 Å². The number of hydrogen-bond donors (Lipinski definition) is 1. The third-order valence-electron chi connectivity index (χ3n) is 5.24. The summed E-state index contributed by atoms with van der Waals surface area (Å²) in [7, 11) is 0. The topological polar surface area (TPSA) is 54.0 Å². The number of benzene rings is 1. The molecule has 1 N–H and O–H groups in total. The van der Waals surface area contributed by atoms with Crippen LogP contribution in [0.25, 0.3) is 0 Å². The third kappa shape index (κ3) is 4.25. The fraction of sp³-hybridized carbons (Fsp3) is 0.632. The van der Waals surface area contributed by atoms with Crippen LogP contribution in [0.3, 0.4) is 0 Å². The predicted octanol–water partition coefficient (Wildman–Crippen LogP) is 2.29. The number of aryl methyl sites for hydroxylation is 1. The van der Waals surface area contributed by atoms with E-state index in [4.69, 9.17) is 9.47 Å². The van der Waals surface area contributed by atoms with Gasteiger partial charge in [-0.1, -0.05) is 12.1 Å². The van der Waals surface area contributed by atoms with Crippen molar-refractivity contribution >= 4 is 11.7 Å². The van der Waals surface area contributed by atoms with E-state index in [1.165, 1.54) is 16.8 Å². The SMILES string of the molecule is Cc1cccc(N2CCN(C(=O)NCCC3(C)OCCO3)CC2)c1C. The summed E-state index contributed by atoms with van der Waals surface area (Å²) < 4.78 is 11.1. The molecule has 6 nitrogen and oxygen atoms in total. The van der Waals surface area contributed by atoms with E-state index in [0.717, 1.165) is 26.2 Å². The molecule has 2 fully saturated rings. The zero-order chi connectivity index (χ0) is 17.9. The molecule has 2 amide bonds. The second kappa shape index (κ2) is 7.62. The van der Waals surface area contributed by atoms with E-state index in [1.54, 1.807) is 0 Å². The van der Waals surface area contributed by atoms with Crippen molar-refractivity contribution in [3.05, 3.63) is 29.3 Å². The highest BCUT2D eigenvalue weighted by atomic mass is 16.7. The van der Waals surface area contributed by atoms with Gasteiger partial charge in [0, 0.05) is 44.8 Å². The average molecular weight is 347 g/mol. The van der Waals surface area contributed by atoms with Gasteiger partial charge in [-0.3, -0.25) is 0 Å². The number of nitrogens with one attached hydrogen (secondary N) is 1. The van der Waals surface area contributed by atoms with E-state index in [1.807, 2.05) is 11.8 Å². The zero-order valence-electron chi connectivity index (χ0n) is 15.5. The van der Waals surface area contributed by atoms with Gasteiger partial charge in [0.05, 0.1) is 13.2 Å². The van der Waals surface area contributed by atoms with Crippen molar-refractivity contribution in [3.63, 3.8) is 0 Å². The second-order valence-electron chi connectivity index (χ2n) is 7.01. The summed E-state index contributed by atoms with van der Waals surface area (Å²) in [6.07, 6.45) is 0.668. The minimum atomic E-state index is -0.547. The van der Waals surface area contributed by atoms with Crippen LogP contribution in [0.1, 0.15) is 24.5 Å². The molecule has 0 aliphatic carbocycles. The van der Waals surface area contributed by atoms with Crippen LogP contribution in [0.2, 0.25) is 0 Å². The Morgan fingerprint density at radius 1 is 1.16 bits per heavy atom. The molecule has 2 aliphatic heterocycles. The molecule has 6 heteroatoms. The molecule has 3 rings (SSSR count). The van der Waals surface area contributed by atoms with Gasteiger partial charge in [0.25, 0.3) is 0 Å². The van der Waals surface area contributed by atoms with Gasteiger partial charge in [0.1, 0.15) is 0 Å². The smallest absolute Gasteiger partial charge is 0.317 e. The Bertz CT molecular complexity index is 606. The zero-order valence-corrected chi connectivity index (χ0v) is 15.5. The van der Waals surface area contributed by atoms with Gasteiger partial charge < -0.3 is 24.6 Å². The lowest BCUT2D eigenvalue weighted by Gasteiger charge is -2.37. The Morgan fingerprint density at radius 3 is 2.52 bits per heavy atom. The number of ether oxygens (including phenoxy) is 2. The second-order valence-corrected chi connectivity index (χ2v) is 7.01. The van der Waals surface area contributed by atoms with Crippen molar-refractivity contribution in [2.45, 2.75) is 33.0 Å². The monoisotopic (exact) mass is 347 g/mol. The van der Waals surface area contributed by atoms with E-state index < -0.39 is 5.79 Å². The van der Waals surface area contributed by atoms with E-state index >= 15 is 0 Å². The predicted molar refractivity (Wildman–Crippen MR) is 98.0 cm³/mol. The van der Waals surface area contributed by atoms with Crippen molar-refractivity contribution in [1.29, 1.82) is 0 Å². The Hall–Kier alpha value is -1.79. The summed E-state index contributed by atoms with van der Waals surface area (Å²) in [6.45, 7) is 11.3. The number of piperazine rings is 1. The lowest BCUT2D eigenvalue weighted by molar-refractivity contribution is -0.145. The molecule has 1 aromatic rings. The molecule has 25 heavy (non-hydrogen) atoms. The summed E-state index contributed by atoms with van der Waals surface area (Å²) in [5.41, 5.74) is 3.91. The number of rotatable bonds is 4. The fourth-order valence-electron chi connectivity index (χ4n) is 3.44. The van der Waals surface area contributed by atoms with Gasteiger partial charge in [0.2, 0.25) is 0 Å².